The number of nitrogens with zero attached hydrogens (tertiary/aromatic N) is 1. The summed E-state index contributed by atoms with van der Waals surface area (Å²) in [5, 5.41) is 8.88. The summed E-state index contributed by atoms with van der Waals surface area (Å²) in [4.78, 5) is 15.0. The molecule has 0 aliphatic rings. The summed E-state index contributed by atoms with van der Waals surface area (Å²) in [6.45, 7) is 0.974. The number of aromatic nitrogens is 1. The highest BCUT2D eigenvalue weighted by Crippen LogP contribution is 2.07. The van der Waals surface area contributed by atoms with Crippen molar-refractivity contribution in [1.29, 1.82) is 0 Å². The number of ether oxygens (including phenoxy) is 1. The second-order valence-corrected chi connectivity index (χ2v) is 4.13. The number of hydrogen-bond donors (Lipinski definition) is 1. The number of aromatic carboxylic acids is 1. The van der Waals surface area contributed by atoms with Crippen molar-refractivity contribution in [2.24, 2.45) is 0 Å². The molecule has 1 N–H and O–H groups in total. The molecule has 98 valence electrons. The molecule has 0 bridgehead atoms. The third-order valence-corrected chi connectivity index (χ3v) is 2.67. The van der Waals surface area contributed by atoms with Crippen molar-refractivity contribution in [2.75, 3.05) is 6.61 Å². The van der Waals surface area contributed by atoms with Crippen LogP contribution in [0, 0.1) is 0 Å². The van der Waals surface area contributed by atoms with Gasteiger partial charge in [0.05, 0.1) is 18.8 Å². The van der Waals surface area contributed by atoms with Crippen LogP contribution in [0.15, 0.2) is 48.7 Å². The van der Waals surface area contributed by atoms with E-state index in [1.54, 1.807) is 24.4 Å². The minimum Gasteiger partial charge on any atom is -0.478 e. The largest absolute Gasteiger partial charge is 0.478 e. The van der Waals surface area contributed by atoms with Crippen LogP contribution in [-0.4, -0.2) is 22.7 Å². The zero-order valence-electron chi connectivity index (χ0n) is 10.5. The monoisotopic (exact) mass is 257 g/mol. The van der Waals surface area contributed by atoms with Gasteiger partial charge in [-0.1, -0.05) is 18.2 Å². The van der Waals surface area contributed by atoms with Crippen LogP contribution < -0.4 is 0 Å². The lowest BCUT2D eigenvalue weighted by molar-refractivity contribution is 0.0696. The van der Waals surface area contributed by atoms with Crippen LogP contribution in [0.4, 0.5) is 0 Å². The fourth-order valence-corrected chi connectivity index (χ4v) is 1.71. The number of benzene rings is 1. The van der Waals surface area contributed by atoms with Crippen LogP contribution in [0.5, 0.6) is 0 Å². The van der Waals surface area contributed by atoms with Gasteiger partial charge in [0, 0.05) is 18.3 Å². The number of pyridine rings is 1. The Kier molecular flexibility index (Phi) is 4.64. The van der Waals surface area contributed by atoms with E-state index in [1.165, 1.54) is 0 Å². The molecule has 4 nitrogen and oxygen atoms in total. The summed E-state index contributed by atoms with van der Waals surface area (Å²) in [6.07, 6.45) is 2.51. The second kappa shape index (κ2) is 6.66. The molecule has 0 saturated carbocycles. The topological polar surface area (TPSA) is 59.4 Å². The maximum absolute atomic E-state index is 10.8. The molecule has 0 fully saturated rings. The number of hydrogen-bond acceptors (Lipinski definition) is 3. The average Bonchev–Trinajstić information content (AvgIpc) is 2.45. The Morgan fingerprint density at radius 1 is 1.21 bits per heavy atom. The van der Waals surface area contributed by atoms with Crippen LogP contribution >= 0.6 is 0 Å². The van der Waals surface area contributed by atoms with E-state index in [4.69, 9.17) is 9.84 Å². The first-order valence-corrected chi connectivity index (χ1v) is 6.05. The molecule has 1 aromatic carbocycles. The molecule has 19 heavy (non-hydrogen) atoms. The van der Waals surface area contributed by atoms with Crippen LogP contribution in [0.2, 0.25) is 0 Å². The van der Waals surface area contributed by atoms with Gasteiger partial charge in [0.2, 0.25) is 0 Å². The Morgan fingerprint density at radius 2 is 2.11 bits per heavy atom. The van der Waals surface area contributed by atoms with E-state index in [1.807, 2.05) is 24.3 Å². The fraction of sp³-hybridized carbons (Fsp3) is 0.200. The predicted molar refractivity (Wildman–Crippen MR) is 71.0 cm³/mol. The molecule has 0 radical (unpaired) electrons. The molecule has 4 heteroatoms. The Bertz CT molecular complexity index is 540. The molecule has 0 amide bonds. The number of carbonyl (C=O) groups is 1. The number of rotatable bonds is 6. The fourth-order valence-electron chi connectivity index (χ4n) is 1.71. The summed E-state index contributed by atoms with van der Waals surface area (Å²) in [6, 6.07) is 12.5. The van der Waals surface area contributed by atoms with E-state index in [0.29, 0.717) is 13.2 Å². The quantitative estimate of drug-likeness (QED) is 0.808. The summed E-state index contributed by atoms with van der Waals surface area (Å²) >= 11 is 0. The van der Waals surface area contributed by atoms with Crippen LogP contribution in [0.3, 0.4) is 0 Å². The van der Waals surface area contributed by atoms with E-state index in [9.17, 15) is 4.79 Å². The lowest BCUT2D eigenvalue weighted by atomic mass is 10.1. The molecule has 0 aliphatic carbocycles. The molecule has 0 atom stereocenters. The molecule has 0 aliphatic heterocycles. The average molecular weight is 257 g/mol. The van der Waals surface area contributed by atoms with Crippen molar-refractivity contribution < 1.29 is 14.6 Å². The smallest absolute Gasteiger partial charge is 0.335 e. The third-order valence-electron chi connectivity index (χ3n) is 2.67. The zero-order chi connectivity index (χ0) is 13.5. The summed E-state index contributed by atoms with van der Waals surface area (Å²) in [5.41, 5.74) is 2.13. The van der Waals surface area contributed by atoms with Crippen LogP contribution in [0.1, 0.15) is 21.6 Å². The molecule has 0 unspecified atom stereocenters. The molecular weight excluding hydrogens is 242 g/mol. The Hall–Kier alpha value is -2.20. The van der Waals surface area contributed by atoms with Gasteiger partial charge in [-0.15, -0.1) is 0 Å². The Labute approximate surface area is 111 Å². The highest BCUT2D eigenvalue weighted by atomic mass is 16.5. The van der Waals surface area contributed by atoms with Gasteiger partial charge in [0.25, 0.3) is 0 Å². The van der Waals surface area contributed by atoms with Crippen molar-refractivity contribution >= 4 is 5.97 Å². The van der Waals surface area contributed by atoms with Crippen molar-refractivity contribution in [3.8, 4) is 0 Å². The van der Waals surface area contributed by atoms with Gasteiger partial charge in [-0.25, -0.2) is 4.79 Å². The Morgan fingerprint density at radius 3 is 2.84 bits per heavy atom. The highest BCUT2D eigenvalue weighted by Gasteiger charge is 2.03. The van der Waals surface area contributed by atoms with Crippen molar-refractivity contribution in [3.63, 3.8) is 0 Å². The standard InChI is InChI=1S/C15H15NO3/c17-15(18)13-5-3-4-12(10-13)11-19-9-7-14-6-1-2-8-16-14/h1-6,8,10H,7,9,11H2,(H,17,18). The zero-order valence-corrected chi connectivity index (χ0v) is 10.5. The SMILES string of the molecule is O=C(O)c1cccc(COCCc2ccccn2)c1. The lowest BCUT2D eigenvalue weighted by Gasteiger charge is -2.05. The van der Waals surface area contributed by atoms with Crippen molar-refractivity contribution in [3.05, 3.63) is 65.5 Å². The summed E-state index contributed by atoms with van der Waals surface area (Å²) < 4.78 is 5.53. The van der Waals surface area contributed by atoms with Gasteiger partial charge in [0.1, 0.15) is 0 Å². The summed E-state index contributed by atoms with van der Waals surface area (Å²) in [5.74, 6) is -0.921. The maximum atomic E-state index is 10.8. The molecular formula is C15H15NO3. The second-order valence-electron chi connectivity index (χ2n) is 4.13. The maximum Gasteiger partial charge on any atom is 0.335 e. The number of carboxylic acids is 1. The molecule has 0 saturated heterocycles. The van der Waals surface area contributed by atoms with E-state index in [0.717, 1.165) is 17.7 Å². The first-order valence-electron chi connectivity index (χ1n) is 6.05. The molecule has 0 spiro atoms. The van der Waals surface area contributed by atoms with E-state index in [2.05, 4.69) is 4.98 Å². The van der Waals surface area contributed by atoms with Crippen molar-refractivity contribution in [2.45, 2.75) is 13.0 Å². The highest BCUT2D eigenvalue weighted by molar-refractivity contribution is 5.87. The van der Waals surface area contributed by atoms with Gasteiger partial charge in [0.15, 0.2) is 0 Å². The van der Waals surface area contributed by atoms with Gasteiger partial charge in [-0.05, 0) is 29.8 Å². The van der Waals surface area contributed by atoms with Crippen molar-refractivity contribution in [1.82, 2.24) is 4.98 Å². The van der Waals surface area contributed by atoms with E-state index < -0.39 is 5.97 Å². The van der Waals surface area contributed by atoms with E-state index >= 15 is 0 Å². The molecule has 2 aromatic rings. The lowest BCUT2D eigenvalue weighted by Crippen LogP contribution is -2.02. The van der Waals surface area contributed by atoms with Crippen LogP contribution in [-0.2, 0) is 17.8 Å². The minimum absolute atomic E-state index is 0.283. The van der Waals surface area contributed by atoms with Crippen LogP contribution in [0.25, 0.3) is 0 Å². The number of carboxylic acid groups (broad SMARTS) is 1. The Balaban J connectivity index is 1.80. The minimum atomic E-state index is -0.921. The van der Waals surface area contributed by atoms with Gasteiger partial charge in [-0.2, -0.15) is 0 Å². The summed E-state index contributed by atoms with van der Waals surface area (Å²) in [7, 11) is 0. The predicted octanol–water partition coefficient (Wildman–Crippen LogP) is 2.54. The first-order chi connectivity index (χ1) is 9.25. The molecule has 1 heterocycles. The van der Waals surface area contributed by atoms with Gasteiger partial charge in [-0.3, -0.25) is 4.98 Å². The molecule has 1 aromatic heterocycles. The first kappa shape index (κ1) is 13.2. The van der Waals surface area contributed by atoms with E-state index in [-0.39, 0.29) is 5.56 Å². The van der Waals surface area contributed by atoms with Gasteiger partial charge < -0.3 is 9.84 Å². The van der Waals surface area contributed by atoms with Gasteiger partial charge >= 0.3 is 5.97 Å². The third kappa shape index (κ3) is 4.19. The molecule has 2 rings (SSSR count). The normalized spacial score (nSPS) is 10.3.